The number of nitrogens with zero attached hydrogens (tertiary/aromatic N) is 6. The molecule has 0 radical (unpaired) electrons. The van der Waals surface area contributed by atoms with Gasteiger partial charge in [-0.05, 0) is 35.9 Å². The molecule has 0 spiro atoms. The molecule has 0 aliphatic carbocycles. The number of primary amides is 1. The number of amides is 1. The van der Waals surface area contributed by atoms with Crippen molar-refractivity contribution in [1.82, 2.24) is 25.0 Å². The van der Waals surface area contributed by atoms with E-state index in [9.17, 15) is 10.1 Å². The highest BCUT2D eigenvalue weighted by molar-refractivity contribution is 5.85. The van der Waals surface area contributed by atoms with Crippen LogP contribution >= 0.6 is 0 Å². The van der Waals surface area contributed by atoms with Crippen LogP contribution in [0.1, 0.15) is 17.3 Å². The lowest BCUT2D eigenvalue weighted by Gasteiger charge is -2.17. The van der Waals surface area contributed by atoms with Crippen molar-refractivity contribution in [2.24, 2.45) is 5.73 Å². The summed E-state index contributed by atoms with van der Waals surface area (Å²) in [6, 6.07) is 25.3. The van der Waals surface area contributed by atoms with Crippen LogP contribution in [-0.2, 0) is 4.79 Å². The van der Waals surface area contributed by atoms with Crippen LogP contribution in [0.3, 0.4) is 0 Å². The molecular weight excluding hydrogens is 438 g/mol. The minimum Gasteiger partial charge on any atom is -0.367 e. The average Bonchev–Trinajstić information content (AvgIpc) is 3.34. The molecule has 35 heavy (non-hydrogen) atoms. The van der Waals surface area contributed by atoms with Gasteiger partial charge in [-0.25, -0.2) is 4.68 Å². The Balaban J connectivity index is 1.64. The Kier molecular flexibility index (Phi) is 5.80. The van der Waals surface area contributed by atoms with Gasteiger partial charge < -0.3 is 5.73 Å². The topological polar surface area (TPSA) is 123 Å². The maximum absolute atomic E-state index is 12.7. The summed E-state index contributed by atoms with van der Waals surface area (Å²) >= 11 is 0. The molecule has 0 saturated heterocycles. The molecule has 1 amide bonds. The maximum Gasteiger partial charge on any atom is 0.248 e. The summed E-state index contributed by atoms with van der Waals surface area (Å²) in [6.45, 7) is 0. The van der Waals surface area contributed by atoms with Crippen LogP contribution in [0.4, 0.5) is 0 Å². The fraction of sp³-hybridized carbons (Fsp3) is 0.0370. The van der Waals surface area contributed by atoms with E-state index in [0.29, 0.717) is 22.6 Å². The van der Waals surface area contributed by atoms with Gasteiger partial charge in [-0.15, -0.1) is 5.10 Å². The van der Waals surface area contributed by atoms with Gasteiger partial charge in [0.05, 0.1) is 23.0 Å². The molecular formula is C27H19N7O. The Morgan fingerprint density at radius 1 is 0.857 bits per heavy atom. The van der Waals surface area contributed by atoms with Gasteiger partial charge in [0.1, 0.15) is 5.69 Å². The predicted molar refractivity (Wildman–Crippen MR) is 130 cm³/mol. The number of carbonyl (C=O) groups is 1. The second-order valence-electron chi connectivity index (χ2n) is 7.80. The summed E-state index contributed by atoms with van der Waals surface area (Å²) in [5.74, 6) is -0.619. The van der Waals surface area contributed by atoms with E-state index in [4.69, 9.17) is 5.73 Å². The normalized spacial score (nSPS) is 11.5. The van der Waals surface area contributed by atoms with Crippen molar-refractivity contribution in [1.29, 1.82) is 5.26 Å². The van der Waals surface area contributed by atoms with E-state index < -0.39 is 11.9 Å². The number of hydrogen-bond acceptors (Lipinski definition) is 6. The van der Waals surface area contributed by atoms with Gasteiger partial charge in [0.2, 0.25) is 5.91 Å². The first-order valence-corrected chi connectivity index (χ1v) is 10.8. The Morgan fingerprint density at radius 2 is 1.57 bits per heavy atom. The molecule has 2 aromatic carbocycles. The minimum atomic E-state index is -0.992. The van der Waals surface area contributed by atoms with Gasteiger partial charge in [-0.3, -0.25) is 14.8 Å². The zero-order valence-electron chi connectivity index (χ0n) is 18.5. The van der Waals surface area contributed by atoms with Crippen molar-refractivity contribution in [3.8, 4) is 39.7 Å². The van der Waals surface area contributed by atoms with Crippen LogP contribution in [0.15, 0.2) is 97.5 Å². The number of carbonyl (C=O) groups excluding carboxylic acids is 1. The Hall–Kier alpha value is -5.16. The van der Waals surface area contributed by atoms with Gasteiger partial charge in [0.15, 0.2) is 6.04 Å². The lowest BCUT2D eigenvalue weighted by Crippen LogP contribution is -2.29. The molecule has 0 fully saturated rings. The van der Waals surface area contributed by atoms with Crippen molar-refractivity contribution < 1.29 is 4.79 Å². The highest BCUT2D eigenvalue weighted by Gasteiger charge is 2.28. The maximum atomic E-state index is 12.7. The molecule has 2 N–H and O–H groups in total. The number of pyridine rings is 2. The third kappa shape index (κ3) is 4.26. The van der Waals surface area contributed by atoms with Crippen molar-refractivity contribution in [2.45, 2.75) is 6.04 Å². The highest BCUT2D eigenvalue weighted by Crippen LogP contribution is 2.33. The van der Waals surface area contributed by atoms with Gasteiger partial charge in [-0.2, -0.15) is 5.26 Å². The summed E-state index contributed by atoms with van der Waals surface area (Å²) in [5.41, 5.74) is 11.4. The minimum absolute atomic E-state index is 0.443. The van der Waals surface area contributed by atoms with Crippen molar-refractivity contribution in [3.05, 3.63) is 109 Å². The Labute approximate surface area is 201 Å². The third-order valence-corrected chi connectivity index (χ3v) is 5.62. The van der Waals surface area contributed by atoms with E-state index in [1.54, 1.807) is 48.9 Å². The number of nitriles is 1. The lowest BCUT2D eigenvalue weighted by molar-refractivity contribution is -0.120. The first-order chi connectivity index (χ1) is 17.2. The molecule has 5 rings (SSSR count). The second kappa shape index (κ2) is 9.37. The van der Waals surface area contributed by atoms with Gasteiger partial charge >= 0.3 is 0 Å². The van der Waals surface area contributed by atoms with Crippen LogP contribution < -0.4 is 5.73 Å². The van der Waals surface area contributed by atoms with E-state index >= 15 is 0 Å². The molecule has 0 saturated carbocycles. The summed E-state index contributed by atoms with van der Waals surface area (Å²) in [6.07, 6.45) is 5.03. The number of nitrogens with two attached hydrogens (primary N) is 1. The third-order valence-electron chi connectivity index (χ3n) is 5.62. The quantitative estimate of drug-likeness (QED) is 0.411. The molecule has 5 aromatic rings. The van der Waals surface area contributed by atoms with E-state index in [2.05, 4.69) is 26.3 Å². The van der Waals surface area contributed by atoms with Crippen molar-refractivity contribution in [2.75, 3.05) is 0 Å². The predicted octanol–water partition coefficient (Wildman–Crippen LogP) is 4.02. The average molecular weight is 457 g/mol. The van der Waals surface area contributed by atoms with Crippen molar-refractivity contribution in [3.63, 3.8) is 0 Å². The molecule has 8 heteroatoms. The molecule has 8 nitrogen and oxygen atoms in total. The first kappa shape index (κ1) is 21.7. The lowest BCUT2D eigenvalue weighted by atomic mass is 10.0. The highest BCUT2D eigenvalue weighted by atomic mass is 16.1. The molecule has 0 bridgehead atoms. The van der Waals surface area contributed by atoms with Crippen LogP contribution in [-0.4, -0.2) is 30.9 Å². The molecule has 1 atom stereocenters. The largest absolute Gasteiger partial charge is 0.367 e. The number of rotatable bonds is 6. The molecule has 3 aromatic heterocycles. The van der Waals surface area contributed by atoms with Gasteiger partial charge in [0.25, 0.3) is 0 Å². The number of benzene rings is 2. The molecule has 0 aliphatic heterocycles. The van der Waals surface area contributed by atoms with E-state index in [1.165, 1.54) is 4.68 Å². The molecule has 1 unspecified atom stereocenters. The Bertz CT molecular complexity index is 1500. The van der Waals surface area contributed by atoms with E-state index in [0.717, 1.165) is 22.3 Å². The molecule has 0 aliphatic rings. The fourth-order valence-electron chi connectivity index (χ4n) is 3.91. The number of aromatic nitrogens is 5. The number of hydrogen-bond donors (Lipinski definition) is 1. The smallest absolute Gasteiger partial charge is 0.248 e. The molecule has 168 valence electrons. The summed E-state index contributed by atoms with van der Waals surface area (Å²) in [5, 5.41) is 17.9. The summed E-state index contributed by atoms with van der Waals surface area (Å²) in [7, 11) is 0. The zero-order chi connectivity index (χ0) is 24.2. The van der Waals surface area contributed by atoms with E-state index in [1.807, 2.05) is 48.5 Å². The summed E-state index contributed by atoms with van der Waals surface area (Å²) < 4.78 is 1.49. The first-order valence-electron chi connectivity index (χ1n) is 10.8. The zero-order valence-corrected chi connectivity index (χ0v) is 18.5. The fourth-order valence-corrected chi connectivity index (χ4v) is 3.91. The van der Waals surface area contributed by atoms with Crippen LogP contribution in [0.2, 0.25) is 0 Å². The van der Waals surface area contributed by atoms with E-state index in [-0.39, 0.29) is 0 Å². The second-order valence-corrected chi connectivity index (χ2v) is 7.80. The molecule has 3 heterocycles. The van der Waals surface area contributed by atoms with Gasteiger partial charge in [-0.1, -0.05) is 53.7 Å². The van der Waals surface area contributed by atoms with Crippen LogP contribution in [0.5, 0.6) is 0 Å². The SMILES string of the molecule is N#Cc1ccc(-c2c(-c3ccncc3)nnn2C(C(N)=O)c2ccc(-c3ccccc3)cn2)cc1. The van der Waals surface area contributed by atoms with Gasteiger partial charge in [0, 0.05) is 35.3 Å². The monoisotopic (exact) mass is 457 g/mol. The Morgan fingerprint density at radius 3 is 2.20 bits per heavy atom. The standard InChI is InChI=1S/C27H19N7O/c28-16-18-6-8-21(9-7-18)25-24(20-12-14-30-15-13-20)32-33-34(25)26(27(29)35)23-11-10-22(17-31-23)19-4-2-1-3-5-19/h1-15,17,26H,(H2,29,35). The summed E-state index contributed by atoms with van der Waals surface area (Å²) in [4.78, 5) is 21.4. The van der Waals surface area contributed by atoms with Crippen LogP contribution in [0, 0.1) is 11.3 Å². The van der Waals surface area contributed by atoms with Crippen LogP contribution in [0.25, 0.3) is 33.6 Å². The van der Waals surface area contributed by atoms with Crippen molar-refractivity contribution >= 4 is 5.91 Å².